The van der Waals surface area contributed by atoms with E-state index in [2.05, 4.69) is 114 Å². The molecule has 0 rings (SSSR count). The minimum absolute atomic E-state index is 0.823. The summed E-state index contributed by atoms with van der Waals surface area (Å²) in [6.45, 7) is 33.1. The normalized spacial score (nSPS) is 15.0. The fourth-order valence-corrected chi connectivity index (χ4v) is 28.9. The lowest BCUT2D eigenvalue weighted by Crippen LogP contribution is -2.52. The molecule has 0 aliphatic carbocycles. The third kappa shape index (κ3) is 22.2. The third-order valence-electron chi connectivity index (χ3n) is 4.38. The molecular weight excluding hydrogens is 537 g/mol. The molecule has 0 atom stereocenters. The van der Waals surface area contributed by atoms with Crippen molar-refractivity contribution in [1.29, 1.82) is 0 Å². The predicted octanol–water partition coefficient (Wildman–Crippen LogP) is 7.85. The highest BCUT2D eigenvalue weighted by Crippen LogP contribution is 2.26. The molecule has 0 spiro atoms. The Bertz CT molecular complexity index is 577. The van der Waals surface area contributed by atoms with Gasteiger partial charge in [0.2, 0.25) is 0 Å². The summed E-state index contributed by atoms with van der Waals surface area (Å²) in [6, 6.07) is 1.95. The quantitative estimate of drug-likeness (QED) is 0.0921. The standard InChI is InChI=1S/C23H58N2O4Si6/c1-30(2,3)26-34(13,27-31(4,5)6)22-16-20-24-18-15-19-25-21-17-23-35(14,28-32(7,8)9)29-33(10,11)12/h20-21H,15-19,22-23H2,1-14H3. The smallest absolute Gasteiger partial charge is 0.314 e. The number of aliphatic imine (C=N–C) groups is 2. The van der Waals surface area contributed by atoms with Gasteiger partial charge < -0.3 is 16.5 Å². The zero-order valence-corrected chi connectivity index (χ0v) is 31.6. The summed E-state index contributed by atoms with van der Waals surface area (Å²) in [7, 11) is -10.9. The van der Waals surface area contributed by atoms with E-state index in [1.807, 2.05) is 0 Å². The first-order valence-corrected chi connectivity index (χ1v) is 32.0. The van der Waals surface area contributed by atoms with E-state index in [0.29, 0.717) is 0 Å². The molecule has 0 bridgehead atoms. The van der Waals surface area contributed by atoms with Crippen LogP contribution in [0.4, 0.5) is 0 Å². The van der Waals surface area contributed by atoms with Crippen LogP contribution in [-0.2, 0) is 16.5 Å². The van der Waals surface area contributed by atoms with Gasteiger partial charge in [0.25, 0.3) is 0 Å². The minimum Gasteiger partial charge on any atom is -0.437 e. The SMILES string of the molecule is C[Si](C)(C)O[Si](C)(CCC=NCCCN=CCC[Si](C)(O[Si](C)(C)C)O[Si](C)(C)C)O[Si](C)(C)C. The summed E-state index contributed by atoms with van der Waals surface area (Å²) in [5, 5.41) is 0. The molecule has 0 aromatic rings. The highest BCUT2D eigenvalue weighted by Gasteiger charge is 2.40. The van der Waals surface area contributed by atoms with Crippen LogP contribution in [-0.4, -0.2) is 75.9 Å². The molecule has 208 valence electrons. The molecule has 0 aliphatic heterocycles. The van der Waals surface area contributed by atoms with Crippen molar-refractivity contribution < 1.29 is 16.5 Å². The molecule has 0 saturated carbocycles. The van der Waals surface area contributed by atoms with Gasteiger partial charge in [0.15, 0.2) is 33.3 Å². The monoisotopic (exact) mass is 594 g/mol. The fraction of sp³-hybridized carbons (Fsp3) is 0.913. The van der Waals surface area contributed by atoms with E-state index in [4.69, 9.17) is 16.5 Å². The van der Waals surface area contributed by atoms with Gasteiger partial charge in [-0.3, -0.25) is 9.98 Å². The molecule has 0 fully saturated rings. The average Bonchev–Trinajstić information content (AvgIpc) is 2.52. The maximum Gasteiger partial charge on any atom is 0.314 e. The van der Waals surface area contributed by atoms with Crippen molar-refractivity contribution >= 4 is 62.8 Å². The van der Waals surface area contributed by atoms with Crippen molar-refractivity contribution in [2.45, 2.75) is 123 Å². The van der Waals surface area contributed by atoms with Crippen molar-refractivity contribution in [2.75, 3.05) is 13.1 Å². The minimum atomic E-state index is -2.16. The highest BCUT2D eigenvalue weighted by atomic mass is 28.5. The van der Waals surface area contributed by atoms with Gasteiger partial charge in [-0.05, 0) is 135 Å². The molecule has 6 nitrogen and oxygen atoms in total. The van der Waals surface area contributed by atoms with Crippen LogP contribution in [0.2, 0.25) is 104 Å². The second-order valence-corrected chi connectivity index (χ2v) is 39.4. The number of rotatable bonds is 18. The lowest BCUT2D eigenvalue weighted by atomic mass is 10.4. The molecule has 0 aromatic heterocycles. The zero-order valence-electron chi connectivity index (χ0n) is 25.6. The highest BCUT2D eigenvalue weighted by molar-refractivity contribution is 6.88. The molecule has 0 aliphatic rings. The van der Waals surface area contributed by atoms with Crippen LogP contribution in [0.1, 0.15) is 19.3 Å². The molecule has 0 saturated heterocycles. The van der Waals surface area contributed by atoms with Crippen molar-refractivity contribution in [2.24, 2.45) is 9.98 Å². The maximum absolute atomic E-state index is 6.56. The second kappa shape index (κ2) is 14.6. The van der Waals surface area contributed by atoms with Crippen LogP contribution < -0.4 is 0 Å². The first kappa shape index (κ1) is 35.5. The van der Waals surface area contributed by atoms with Gasteiger partial charge in [0, 0.05) is 13.1 Å². The maximum atomic E-state index is 6.56. The largest absolute Gasteiger partial charge is 0.437 e. The van der Waals surface area contributed by atoms with Crippen LogP contribution in [0, 0.1) is 0 Å². The average molecular weight is 595 g/mol. The van der Waals surface area contributed by atoms with E-state index in [1.54, 1.807) is 0 Å². The molecule has 0 radical (unpaired) electrons. The van der Waals surface area contributed by atoms with Gasteiger partial charge in [-0.25, -0.2) is 0 Å². The Labute approximate surface area is 224 Å². The topological polar surface area (TPSA) is 61.6 Å². The van der Waals surface area contributed by atoms with Gasteiger partial charge in [-0.2, -0.15) is 0 Å². The Morgan fingerprint density at radius 3 is 0.943 bits per heavy atom. The van der Waals surface area contributed by atoms with E-state index < -0.39 is 50.4 Å². The molecule has 0 heterocycles. The summed E-state index contributed by atoms with van der Waals surface area (Å²) >= 11 is 0. The van der Waals surface area contributed by atoms with Crippen molar-refractivity contribution in [3.63, 3.8) is 0 Å². The molecule has 35 heavy (non-hydrogen) atoms. The Kier molecular flexibility index (Phi) is 14.8. The number of nitrogens with zero attached hydrogens (tertiary/aromatic N) is 2. The van der Waals surface area contributed by atoms with Gasteiger partial charge in [-0.15, -0.1) is 0 Å². The summed E-state index contributed by atoms with van der Waals surface area (Å²) in [5.74, 6) is 0. The van der Waals surface area contributed by atoms with Gasteiger partial charge in [0.1, 0.15) is 0 Å². The number of hydrogen-bond acceptors (Lipinski definition) is 6. The van der Waals surface area contributed by atoms with Crippen LogP contribution in [0.25, 0.3) is 0 Å². The first-order valence-electron chi connectivity index (χ1n) is 13.3. The number of hydrogen-bond donors (Lipinski definition) is 0. The third-order valence-corrected chi connectivity index (χ3v) is 23.5. The fourth-order valence-electron chi connectivity index (χ4n) is 4.11. The summed E-state index contributed by atoms with van der Waals surface area (Å²) in [6.07, 6.45) is 6.96. The Morgan fingerprint density at radius 2 is 0.714 bits per heavy atom. The Balaban J connectivity index is 4.46. The van der Waals surface area contributed by atoms with Crippen LogP contribution >= 0.6 is 0 Å². The van der Waals surface area contributed by atoms with Gasteiger partial charge in [0.05, 0.1) is 0 Å². The van der Waals surface area contributed by atoms with E-state index in [-0.39, 0.29) is 0 Å². The molecule has 0 unspecified atom stereocenters. The van der Waals surface area contributed by atoms with Gasteiger partial charge in [-0.1, -0.05) is 0 Å². The van der Waals surface area contributed by atoms with E-state index in [0.717, 1.165) is 44.4 Å². The van der Waals surface area contributed by atoms with E-state index >= 15 is 0 Å². The second-order valence-electron chi connectivity index (χ2n) is 13.7. The Hall–Kier alpha value is 0.481. The summed E-state index contributed by atoms with van der Waals surface area (Å²) in [4.78, 5) is 9.23. The van der Waals surface area contributed by atoms with Crippen LogP contribution in [0.3, 0.4) is 0 Å². The van der Waals surface area contributed by atoms with Crippen molar-refractivity contribution in [1.82, 2.24) is 0 Å². The van der Waals surface area contributed by atoms with Crippen LogP contribution in [0.5, 0.6) is 0 Å². The first-order chi connectivity index (χ1) is 15.5. The molecular formula is C23H58N2O4Si6. The van der Waals surface area contributed by atoms with E-state index in [1.165, 1.54) is 0 Å². The zero-order chi connectivity index (χ0) is 27.6. The van der Waals surface area contributed by atoms with Crippen molar-refractivity contribution in [3.8, 4) is 0 Å². The van der Waals surface area contributed by atoms with E-state index in [9.17, 15) is 0 Å². The molecule has 0 amide bonds. The predicted molar refractivity (Wildman–Crippen MR) is 171 cm³/mol. The van der Waals surface area contributed by atoms with Crippen molar-refractivity contribution in [3.05, 3.63) is 0 Å². The summed E-state index contributed by atoms with van der Waals surface area (Å²) in [5.41, 5.74) is 0. The molecule has 0 aromatic carbocycles. The molecule has 0 N–H and O–H groups in total. The Morgan fingerprint density at radius 1 is 0.457 bits per heavy atom. The lowest BCUT2D eigenvalue weighted by molar-refractivity contribution is 0.383. The molecule has 12 heteroatoms. The summed E-state index contributed by atoms with van der Waals surface area (Å²) < 4.78 is 26.2. The van der Waals surface area contributed by atoms with Crippen LogP contribution in [0.15, 0.2) is 9.98 Å². The van der Waals surface area contributed by atoms with Gasteiger partial charge >= 0.3 is 17.1 Å². The lowest BCUT2D eigenvalue weighted by Gasteiger charge is -2.38.